The van der Waals surface area contributed by atoms with Crippen LogP contribution in [-0.4, -0.2) is 6.54 Å². The van der Waals surface area contributed by atoms with E-state index in [0.29, 0.717) is 23.3 Å². The summed E-state index contributed by atoms with van der Waals surface area (Å²) in [7, 11) is 0. The Kier molecular flexibility index (Phi) is 5.03. The summed E-state index contributed by atoms with van der Waals surface area (Å²) >= 11 is 0. The summed E-state index contributed by atoms with van der Waals surface area (Å²) in [5.41, 5.74) is 1.75. The molecule has 2 nitrogen and oxygen atoms in total. The van der Waals surface area contributed by atoms with Gasteiger partial charge in [0.1, 0.15) is 0 Å². The second kappa shape index (κ2) is 6.30. The molecule has 1 aromatic carbocycles. The molecule has 1 aromatic rings. The molecule has 0 aliphatic carbocycles. The van der Waals surface area contributed by atoms with Crippen molar-refractivity contribution in [2.75, 3.05) is 11.9 Å². The van der Waals surface area contributed by atoms with Gasteiger partial charge in [0.2, 0.25) is 0 Å². The molecule has 17 heavy (non-hydrogen) atoms. The van der Waals surface area contributed by atoms with Crippen molar-refractivity contribution in [1.29, 1.82) is 5.26 Å². The zero-order valence-corrected chi connectivity index (χ0v) is 11.2. The summed E-state index contributed by atoms with van der Waals surface area (Å²) in [5, 5.41) is 12.3. The quantitative estimate of drug-likeness (QED) is 0.832. The maximum absolute atomic E-state index is 8.84. The van der Waals surface area contributed by atoms with E-state index in [-0.39, 0.29) is 0 Å². The van der Waals surface area contributed by atoms with Gasteiger partial charge in [-0.1, -0.05) is 33.8 Å². The van der Waals surface area contributed by atoms with Gasteiger partial charge >= 0.3 is 0 Å². The first-order chi connectivity index (χ1) is 8.04. The van der Waals surface area contributed by atoms with Crippen LogP contribution in [0.25, 0.3) is 0 Å². The molecule has 0 fully saturated rings. The Labute approximate surface area is 105 Å². The number of hydrogen-bond donors (Lipinski definition) is 1. The molecular weight excluding hydrogens is 208 g/mol. The van der Waals surface area contributed by atoms with E-state index < -0.39 is 0 Å². The molecular formula is C15H22N2. The first kappa shape index (κ1) is 13.6. The largest absolute Gasteiger partial charge is 0.385 e. The molecule has 0 atom stereocenters. The standard InChI is InChI=1S/C15H22N2/c1-11(2)15(12(3)4)10-17-14-7-5-6-13(8-14)9-16/h5-8,11-12,15,17H,10H2,1-4H3. The number of nitrogens with zero attached hydrogens (tertiary/aromatic N) is 1. The lowest BCUT2D eigenvalue weighted by Crippen LogP contribution is -2.24. The maximum Gasteiger partial charge on any atom is 0.0992 e. The molecule has 0 bridgehead atoms. The lowest BCUT2D eigenvalue weighted by atomic mass is 9.85. The van der Waals surface area contributed by atoms with Crippen molar-refractivity contribution in [3.63, 3.8) is 0 Å². The highest BCUT2D eigenvalue weighted by atomic mass is 14.9. The minimum absolute atomic E-state index is 0.653. The number of nitriles is 1. The predicted molar refractivity (Wildman–Crippen MR) is 72.8 cm³/mol. The van der Waals surface area contributed by atoms with Crippen LogP contribution < -0.4 is 5.32 Å². The number of nitrogens with one attached hydrogen (secondary N) is 1. The van der Waals surface area contributed by atoms with Gasteiger partial charge in [-0.2, -0.15) is 5.26 Å². The summed E-state index contributed by atoms with van der Waals surface area (Å²) in [4.78, 5) is 0. The highest BCUT2D eigenvalue weighted by molar-refractivity contribution is 5.49. The molecule has 0 unspecified atom stereocenters. The number of benzene rings is 1. The predicted octanol–water partition coefficient (Wildman–Crippen LogP) is 3.90. The fourth-order valence-corrected chi connectivity index (χ4v) is 2.18. The molecule has 1 N–H and O–H groups in total. The van der Waals surface area contributed by atoms with Gasteiger partial charge in [0.05, 0.1) is 11.6 Å². The average molecular weight is 230 g/mol. The Bertz CT molecular complexity index is 380. The SMILES string of the molecule is CC(C)C(CNc1cccc(C#N)c1)C(C)C. The van der Waals surface area contributed by atoms with Crippen LogP contribution in [0.2, 0.25) is 0 Å². The molecule has 92 valence electrons. The van der Waals surface area contributed by atoms with Crippen LogP contribution in [0.5, 0.6) is 0 Å². The van der Waals surface area contributed by atoms with Gasteiger partial charge in [0, 0.05) is 12.2 Å². The Hall–Kier alpha value is -1.49. The summed E-state index contributed by atoms with van der Waals surface area (Å²) in [5.74, 6) is 1.99. The minimum Gasteiger partial charge on any atom is -0.385 e. The van der Waals surface area contributed by atoms with Crippen LogP contribution in [0.3, 0.4) is 0 Å². The molecule has 0 spiro atoms. The fraction of sp³-hybridized carbons (Fsp3) is 0.533. The van der Waals surface area contributed by atoms with Gasteiger partial charge in [-0.3, -0.25) is 0 Å². The summed E-state index contributed by atoms with van der Waals surface area (Å²) < 4.78 is 0. The first-order valence-electron chi connectivity index (χ1n) is 6.28. The van der Waals surface area contributed by atoms with E-state index in [0.717, 1.165) is 12.2 Å². The van der Waals surface area contributed by atoms with Crippen molar-refractivity contribution in [3.05, 3.63) is 29.8 Å². The zero-order chi connectivity index (χ0) is 12.8. The van der Waals surface area contributed by atoms with Gasteiger partial charge in [-0.05, 0) is 36.0 Å². The van der Waals surface area contributed by atoms with Crippen molar-refractivity contribution >= 4 is 5.69 Å². The van der Waals surface area contributed by atoms with Crippen molar-refractivity contribution in [1.82, 2.24) is 0 Å². The van der Waals surface area contributed by atoms with Crippen LogP contribution in [0.1, 0.15) is 33.3 Å². The fourth-order valence-electron chi connectivity index (χ4n) is 2.18. The van der Waals surface area contributed by atoms with Crippen LogP contribution in [0, 0.1) is 29.1 Å². The molecule has 1 rings (SSSR count). The average Bonchev–Trinajstić information content (AvgIpc) is 2.28. The van der Waals surface area contributed by atoms with Gasteiger partial charge < -0.3 is 5.32 Å². The van der Waals surface area contributed by atoms with Crippen molar-refractivity contribution in [3.8, 4) is 6.07 Å². The molecule has 0 saturated heterocycles. The monoisotopic (exact) mass is 230 g/mol. The normalized spacial score (nSPS) is 10.9. The number of rotatable bonds is 5. The first-order valence-corrected chi connectivity index (χ1v) is 6.28. The van der Waals surface area contributed by atoms with E-state index in [1.54, 1.807) is 0 Å². The van der Waals surface area contributed by atoms with Crippen LogP contribution in [-0.2, 0) is 0 Å². The highest BCUT2D eigenvalue weighted by Crippen LogP contribution is 2.21. The van der Waals surface area contributed by atoms with Crippen molar-refractivity contribution in [2.24, 2.45) is 17.8 Å². The van der Waals surface area contributed by atoms with E-state index >= 15 is 0 Å². The van der Waals surface area contributed by atoms with Crippen LogP contribution >= 0.6 is 0 Å². The Morgan fingerprint density at radius 3 is 2.35 bits per heavy atom. The Balaban J connectivity index is 2.63. The van der Waals surface area contributed by atoms with Gasteiger partial charge in [0.15, 0.2) is 0 Å². The van der Waals surface area contributed by atoms with Gasteiger partial charge in [-0.15, -0.1) is 0 Å². The lowest BCUT2D eigenvalue weighted by Gasteiger charge is -2.25. The molecule has 0 heterocycles. The Morgan fingerprint density at radius 2 is 1.82 bits per heavy atom. The third-order valence-electron chi connectivity index (χ3n) is 3.25. The Morgan fingerprint density at radius 1 is 1.18 bits per heavy atom. The maximum atomic E-state index is 8.84. The van der Waals surface area contributed by atoms with E-state index in [1.807, 2.05) is 24.3 Å². The smallest absolute Gasteiger partial charge is 0.0992 e. The van der Waals surface area contributed by atoms with Crippen LogP contribution in [0.4, 0.5) is 5.69 Å². The number of anilines is 1. The minimum atomic E-state index is 0.653. The molecule has 0 aliphatic rings. The second-order valence-electron chi connectivity index (χ2n) is 5.23. The third-order valence-corrected chi connectivity index (χ3v) is 3.25. The molecule has 2 heteroatoms. The van der Waals surface area contributed by atoms with Gasteiger partial charge in [0.25, 0.3) is 0 Å². The molecule has 0 radical (unpaired) electrons. The van der Waals surface area contributed by atoms with E-state index in [4.69, 9.17) is 5.26 Å². The molecule has 0 aromatic heterocycles. The van der Waals surface area contributed by atoms with Gasteiger partial charge in [-0.25, -0.2) is 0 Å². The third kappa shape index (κ3) is 4.11. The van der Waals surface area contributed by atoms with Crippen molar-refractivity contribution in [2.45, 2.75) is 27.7 Å². The topological polar surface area (TPSA) is 35.8 Å². The van der Waals surface area contributed by atoms with Crippen LogP contribution in [0.15, 0.2) is 24.3 Å². The highest BCUT2D eigenvalue weighted by Gasteiger charge is 2.16. The van der Waals surface area contributed by atoms with E-state index in [9.17, 15) is 0 Å². The zero-order valence-electron chi connectivity index (χ0n) is 11.2. The number of hydrogen-bond acceptors (Lipinski definition) is 2. The molecule has 0 amide bonds. The van der Waals surface area contributed by atoms with Crippen molar-refractivity contribution < 1.29 is 0 Å². The van der Waals surface area contributed by atoms with E-state index in [1.165, 1.54) is 0 Å². The molecule has 0 saturated carbocycles. The second-order valence-corrected chi connectivity index (χ2v) is 5.23. The summed E-state index contributed by atoms with van der Waals surface area (Å²) in [6, 6.07) is 9.82. The van der Waals surface area contributed by atoms with E-state index in [2.05, 4.69) is 39.1 Å². The molecule has 0 aliphatic heterocycles. The summed E-state index contributed by atoms with van der Waals surface area (Å²) in [6.45, 7) is 10.0. The summed E-state index contributed by atoms with van der Waals surface area (Å²) in [6.07, 6.45) is 0. The lowest BCUT2D eigenvalue weighted by molar-refractivity contribution is 0.304.